The summed E-state index contributed by atoms with van der Waals surface area (Å²) in [5, 5.41) is 2.92. The lowest BCUT2D eigenvalue weighted by Gasteiger charge is -2.21. The lowest BCUT2D eigenvalue weighted by atomic mass is 9.99. The van der Waals surface area contributed by atoms with Crippen LogP contribution in [0.4, 0.5) is 5.69 Å². The number of nitrogens with one attached hydrogen (secondary N) is 1. The van der Waals surface area contributed by atoms with Gasteiger partial charge >= 0.3 is 0 Å². The van der Waals surface area contributed by atoms with Crippen LogP contribution in [0.2, 0.25) is 0 Å². The monoisotopic (exact) mass is 388 g/mol. The summed E-state index contributed by atoms with van der Waals surface area (Å²) in [6.07, 6.45) is 7.03. The van der Waals surface area contributed by atoms with Crippen LogP contribution >= 0.6 is 0 Å². The number of carbonyl (C=O) groups excluding carboxylic acids is 1. The molecule has 0 saturated carbocycles. The molecule has 1 fully saturated rings. The number of fused-ring (bicyclic) bond motifs is 1. The van der Waals surface area contributed by atoms with E-state index in [1.54, 1.807) is 13.3 Å². The summed E-state index contributed by atoms with van der Waals surface area (Å²) in [6.45, 7) is 2.84. The maximum Gasteiger partial charge on any atom is 0.251 e. The van der Waals surface area contributed by atoms with Gasteiger partial charge in [-0.15, -0.1) is 0 Å². The van der Waals surface area contributed by atoms with Crippen molar-refractivity contribution < 1.29 is 9.53 Å². The van der Waals surface area contributed by atoms with Crippen molar-refractivity contribution in [1.82, 2.24) is 14.9 Å². The van der Waals surface area contributed by atoms with Crippen LogP contribution in [0, 0.1) is 0 Å². The molecule has 148 valence electrons. The molecule has 2 aromatic carbocycles. The van der Waals surface area contributed by atoms with Gasteiger partial charge in [0, 0.05) is 48.8 Å². The van der Waals surface area contributed by atoms with Gasteiger partial charge in [-0.25, -0.2) is 4.98 Å². The summed E-state index contributed by atoms with van der Waals surface area (Å²) in [5.74, 6) is 1.68. The van der Waals surface area contributed by atoms with E-state index in [0.29, 0.717) is 6.54 Å². The molecular formula is C23H24N4O2. The number of aromatic nitrogens is 2. The number of hydrogen-bond acceptors (Lipinski definition) is 4. The second kappa shape index (κ2) is 7.28. The summed E-state index contributed by atoms with van der Waals surface area (Å²) in [7, 11) is 1.72. The quantitative estimate of drug-likeness (QED) is 0.744. The first-order chi connectivity index (χ1) is 14.2. The van der Waals surface area contributed by atoms with Gasteiger partial charge in [-0.05, 0) is 55.2 Å². The zero-order valence-electron chi connectivity index (χ0n) is 16.5. The molecular weight excluding hydrogens is 364 g/mol. The van der Waals surface area contributed by atoms with Gasteiger partial charge in [0.15, 0.2) is 0 Å². The Kier molecular flexibility index (Phi) is 4.46. The summed E-state index contributed by atoms with van der Waals surface area (Å²) >= 11 is 0. The molecule has 1 saturated heterocycles. The number of benzene rings is 2. The first kappa shape index (κ1) is 17.8. The fraction of sp³-hybridized carbons (Fsp3) is 0.304. The average molecular weight is 388 g/mol. The van der Waals surface area contributed by atoms with Crippen LogP contribution < -0.4 is 15.0 Å². The molecule has 0 spiro atoms. The number of imidazole rings is 1. The second-order valence-corrected chi connectivity index (χ2v) is 7.55. The van der Waals surface area contributed by atoms with E-state index in [2.05, 4.69) is 39.5 Å². The molecule has 0 atom stereocenters. The Morgan fingerprint density at radius 1 is 1.10 bits per heavy atom. The highest BCUT2D eigenvalue weighted by Crippen LogP contribution is 2.35. The van der Waals surface area contributed by atoms with Crippen LogP contribution in [0.1, 0.15) is 28.8 Å². The summed E-state index contributed by atoms with van der Waals surface area (Å²) in [5.41, 5.74) is 4.89. The van der Waals surface area contributed by atoms with Crippen LogP contribution in [-0.2, 0) is 6.42 Å². The van der Waals surface area contributed by atoms with E-state index >= 15 is 0 Å². The smallest absolute Gasteiger partial charge is 0.251 e. The summed E-state index contributed by atoms with van der Waals surface area (Å²) in [6, 6.07) is 12.3. The molecule has 1 amide bonds. The van der Waals surface area contributed by atoms with Crippen molar-refractivity contribution in [3.8, 4) is 22.8 Å². The normalized spacial score (nSPS) is 15.9. The van der Waals surface area contributed by atoms with Crippen LogP contribution in [0.3, 0.4) is 0 Å². The summed E-state index contributed by atoms with van der Waals surface area (Å²) < 4.78 is 7.72. The maximum atomic E-state index is 12.3. The van der Waals surface area contributed by atoms with Gasteiger partial charge in [-0.1, -0.05) is 6.07 Å². The van der Waals surface area contributed by atoms with Gasteiger partial charge < -0.3 is 15.0 Å². The minimum absolute atomic E-state index is 0.00796. The molecule has 0 radical (unpaired) electrons. The molecule has 6 heteroatoms. The number of hydrogen-bond donors (Lipinski definition) is 1. The van der Waals surface area contributed by atoms with Crippen molar-refractivity contribution >= 4 is 11.6 Å². The summed E-state index contributed by atoms with van der Waals surface area (Å²) in [4.78, 5) is 19.2. The van der Waals surface area contributed by atoms with Gasteiger partial charge in [0.25, 0.3) is 5.91 Å². The number of rotatable bonds is 4. The van der Waals surface area contributed by atoms with Crippen molar-refractivity contribution in [2.45, 2.75) is 19.3 Å². The van der Waals surface area contributed by atoms with Crippen molar-refractivity contribution in [3.05, 3.63) is 59.9 Å². The molecule has 0 bridgehead atoms. The fourth-order valence-corrected chi connectivity index (χ4v) is 4.31. The predicted octanol–water partition coefficient (Wildman–Crippen LogP) is 3.43. The third kappa shape index (κ3) is 3.14. The number of amides is 1. The van der Waals surface area contributed by atoms with E-state index in [0.717, 1.165) is 59.1 Å². The third-order valence-corrected chi connectivity index (χ3v) is 5.82. The maximum absolute atomic E-state index is 12.3. The van der Waals surface area contributed by atoms with E-state index in [-0.39, 0.29) is 5.91 Å². The third-order valence-electron chi connectivity index (χ3n) is 5.82. The largest absolute Gasteiger partial charge is 0.495 e. The molecule has 2 aliphatic rings. The molecule has 0 aliphatic carbocycles. The average Bonchev–Trinajstić information content (AvgIpc) is 3.46. The standard InChI is InChI=1S/C23H24N4O2/c1-29-21-14-17(5-7-20(21)26-11-2-3-12-26)22-24-10-13-27(22)18-6-4-16-8-9-25-23(28)19(16)15-18/h4-7,10,13-15H,2-3,8-9,11-12H2,1H3,(H,25,28). The predicted molar refractivity (Wildman–Crippen MR) is 113 cm³/mol. The highest BCUT2D eigenvalue weighted by Gasteiger charge is 2.20. The molecule has 3 aromatic rings. The van der Waals surface area contributed by atoms with E-state index in [9.17, 15) is 4.79 Å². The Balaban J connectivity index is 1.54. The highest BCUT2D eigenvalue weighted by atomic mass is 16.5. The van der Waals surface area contributed by atoms with Gasteiger partial charge in [0.1, 0.15) is 11.6 Å². The highest BCUT2D eigenvalue weighted by molar-refractivity contribution is 5.97. The molecule has 6 nitrogen and oxygen atoms in total. The number of carbonyl (C=O) groups is 1. The van der Waals surface area contributed by atoms with Crippen LogP contribution in [-0.4, -0.2) is 42.2 Å². The Labute approximate surface area is 170 Å². The zero-order valence-corrected chi connectivity index (χ0v) is 16.5. The van der Waals surface area contributed by atoms with Gasteiger partial charge in [-0.2, -0.15) is 0 Å². The van der Waals surface area contributed by atoms with E-state index in [1.807, 2.05) is 22.9 Å². The fourth-order valence-electron chi connectivity index (χ4n) is 4.31. The van der Waals surface area contributed by atoms with Crippen molar-refractivity contribution in [2.24, 2.45) is 0 Å². The van der Waals surface area contributed by atoms with Crippen molar-refractivity contribution in [2.75, 3.05) is 31.6 Å². The van der Waals surface area contributed by atoms with Crippen LogP contribution in [0.5, 0.6) is 5.75 Å². The lowest BCUT2D eigenvalue weighted by molar-refractivity contribution is 0.0946. The molecule has 5 rings (SSSR count). The first-order valence-corrected chi connectivity index (χ1v) is 10.1. The molecule has 1 aromatic heterocycles. The SMILES string of the molecule is COc1cc(-c2nccn2-c2ccc3c(c2)C(=O)NCC3)ccc1N1CCCC1. The number of methoxy groups -OCH3 is 1. The first-order valence-electron chi connectivity index (χ1n) is 10.1. The molecule has 0 unspecified atom stereocenters. The molecule has 1 N–H and O–H groups in total. The van der Waals surface area contributed by atoms with Gasteiger partial charge in [0.05, 0.1) is 12.8 Å². The van der Waals surface area contributed by atoms with E-state index in [4.69, 9.17) is 4.74 Å². The Bertz CT molecular complexity index is 1070. The number of anilines is 1. The number of nitrogens with zero attached hydrogens (tertiary/aromatic N) is 3. The Morgan fingerprint density at radius 3 is 2.79 bits per heavy atom. The molecule has 29 heavy (non-hydrogen) atoms. The van der Waals surface area contributed by atoms with E-state index in [1.165, 1.54) is 12.8 Å². The lowest BCUT2D eigenvalue weighted by Crippen LogP contribution is -2.31. The number of ether oxygens (including phenoxy) is 1. The minimum atomic E-state index is -0.00796. The van der Waals surface area contributed by atoms with Crippen molar-refractivity contribution in [3.63, 3.8) is 0 Å². The topological polar surface area (TPSA) is 59.4 Å². The molecule has 2 aliphatic heterocycles. The van der Waals surface area contributed by atoms with E-state index < -0.39 is 0 Å². The molecule has 3 heterocycles. The minimum Gasteiger partial charge on any atom is -0.495 e. The van der Waals surface area contributed by atoms with Gasteiger partial charge in [-0.3, -0.25) is 9.36 Å². The van der Waals surface area contributed by atoms with Crippen molar-refractivity contribution in [1.29, 1.82) is 0 Å². The van der Waals surface area contributed by atoms with Crippen LogP contribution in [0.15, 0.2) is 48.8 Å². The second-order valence-electron chi connectivity index (χ2n) is 7.55. The Morgan fingerprint density at radius 2 is 1.97 bits per heavy atom. The van der Waals surface area contributed by atoms with Gasteiger partial charge in [0.2, 0.25) is 0 Å². The Hall–Kier alpha value is -3.28. The zero-order chi connectivity index (χ0) is 19.8. The van der Waals surface area contributed by atoms with Crippen LogP contribution in [0.25, 0.3) is 17.1 Å².